The van der Waals surface area contributed by atoms with E-state index in [1.54, 1.807) is 24.3 Å². The molecule has 1 atom stereocenters. The third kappa shape index (κ3) is 4.96. The van der Waals surface area contributed by atoms with Crippen LogP contribution in [0.15, 0.2) is 91.4 Å². The zero-order valence-electron chi connectivity index (χ0n) is 18.2. The van der Waals surface area contributed by atoms with Crippen molar-refractivity contribution < 1.29 is 18.4 Å². The van der Waals surface area contributed by atoms with Gasteiger partial charge in [-0.3, -0.25) is 19.5 Å². The van der Waals surface area contributed by atoms with E-state index in [4.69, 9.17) is 0 Å². The molecule has 4 aromatic rings. The van der Waals surface area contributed by atoms with E-state index in [0.717, 1.165) is 5.56 Å². The smallest absolute Gasteiger partial charge is 0.279 e. The van der Waals surface area contributed by atoms with Gasteiger partial charge in [-0.05, 0) is 55.0 Å². The zero-order chi connectivity index (χ0) is 24.1. The van der Waals surface area contributed by atoms with Crippen LogP contribution in [-0.2, 0) is 4.79 Å². The van der Waals surface area contributed by atoms with E-state index >= 15 is 4.39 Å². The number of carbonyl (C=O) groups is 2. The first-order valence-corrected chi connectivity index (χ1v) is 10.4. The molecular formula is C26H20F2N4O2. The van der Waals surface area contributed by atoms with Gasteiger partial charge in [0.1, 0.15) is 23.4 Å². The SMILES string of the molecule is Cc1cccc(N(C(=O)c2cnccn2)C(C(=O)Nc2ccc(F)cc2)c2ccccc2F)c1. The van der Waals surface area contributed by atoms with Gasteiger partial charge in [-0.2, -0.15) is 0 Å². The molecule has 1 aromatic heterocycles. The molecule has 8 heteroatoms. The highest BCUT2D eigenvalue weighted by molar-refractivity contribution is 6.11. The molecule has 170 valence electrons. The van der Waals surface area contributed by atoms with Crippen LogP contribution < -0.4 is 10.2 Å². The number of anilines is 2. The standard InChI is InChI=1S/C26H20F2N4O2/c1-17-5-4-6-20(15-17)32(26(34)23-16-29-13-14-30-23)24(21-7-2-3-8-22(21)28)25(33)31-19-11-9-18(27)10-12-19/h2-16,24H,1H3,(H,31,33). The van der Waals surface area contributed by atoms with Gasteiger partial charge in [0.15, 0.2) is 0 Å². The van der Waals surface area contributed by atoms with Gasteiger partial charge in [0.2, 0.25) is 0 Å². The van der Waals surface area contributed by atoms with Crippen molar-refractivity contribution in [3.8, 4) is 0 Å². The quantitative estimate of drug-likeness (QED) is 0.437. The molecule has 0 aliphatic heterocycles. The molecule has 0 spiro atoms. The van der Waals surface area contributed by atoms with Gasteiger partial charge in [-0.1, -0.05) is 30.3 Å². The second kappa shape index (κ2) is 9.99. The van der Waals surface area contributed by atoms with Gasteiger partial charge in [-0.15, -0.1) is 0 Å². The van der Waals surface area contributed by atoms with Crippen molar-refractivity contribution in [2.24, 2.45) is 0 Å². The van der Waals surface area contributed by atoms with Crippen LogP contribution in [0.25, 0.3) is 0 Å². The molecular weight excluding hydrogens is 438 g/mol. The summed E-state index contributed by atoms with van der Waals surface area (Å²) in [6, 6.07) is 16.4. The molecule has 0 radical (unpaired) electrons. The first-order valence-electron chi connectivity index (χ1n) is 10.4. The number of aromatic nitrogens is 2. The number of nitrogens with one attached hydrogen (secondary N) is 1. The predicted octanol–water partition coefficient (Wildman–Crippen LogP) is 5.09. The second-order valence-electron chi connectivity index (χ2n) is 7.53. The van der Waals surface area contributed by atoms with Crippen LogP contribution in [0.4, 0.5) is 20.2 Å². The summed E-state index contributed by atoms with van der Waals surface area (Å²) in [6.45, 7) is 1.84. The summed E-state index contributed by atoms with van der Waals surface area (Å²) < 4.78 is 28.4. The lowest BCUT2D eigenvalue weighted by Gasteiger charge is -2.31. The maximum absolute atomic E-state index is 15.0. The zero-order valence-corrected chi connectivity index (χ0v) is 18.2. The van der Waals surface area contributed by atoms with Crippen LogP contribution in [0.5, 0.6) is 0 Å². The molecule has 0 aliphatic carbocycles. The highest BCUT2D eigenvalue weighted by Gasteiger charge is 2.36. The fraction of sp³-hybridized carbons (Fsp3) is 0.0769. The van der Waals surface area contributed by atoms with Crippen molar-refractivity contribution in [2.45, 2.75) is 13.0 Å². The lowest BCUT2D eigenvalue weighted by molar-refractivity contribution is -0.117. The molecule has 1 heterocycles. The molecule has 0 saturated carbocycles. The molecule has 1 unspecified atom stereocenters. The van der Waals surface area contributed by atoms with E-state index in [9.17, 15) is 14.0 Å². The van der Waals surface area contributed by atoms with Gasteiger partial charge in [0, 0.05) is 29.3 Å². The first kappa shape index (κ1) is 22.7. The van der Waals surface area contributed by atoms with E-state index in [0.29, 0.717) is 11.4 Å². The third-order valence-electron chi connectivity index (χ3n) is 5.10. The number of benzene rings is 3. The number of halogens is 2. The van der Waals surface area contributed by atoms with Crippen LogP contribution in [0.2, 0.25) is 0 Å². The van der Waals surface area contributed by atoms with Crippen LogP contribution >= 0.6 is 0 Å². The van der Waals surface area contributed by atoms with Gasteiger partial charge in [0.05, 0.1) is 6.20 Å². The molecule has 34 heavy (non-hydrogen) atoms. The highest BCUT2D eigenvalue weighted by atomic mass is 19.1. The van der Waals surface area contributed by atoms with Gasteiger partial charge in [0.25, 0.3) is 11.8 Å². The van der Waals surface area contributed by atoms with E-state index in [2.05, 4.69) is 15.3 Å². The Labute approximate surface area is 194 Å². The summed E-state index contributed by atoms with van der Waals surface area (Å²) >= 11 is 0. The Morgan fingerprint density at radius 1 is 0.941 bits per heavy atom. The van der Waals surface area contributed by atoms with E-state index in [-0.39, 0.29) is 11.3 Å². The topological polar surface area (TPSA) is 75.2 Å². The molecule has 1 N–H and O–H groups in total. The normalized spacial score (nSPS) is 11.5. The Hall–Kier alpha value is -4.46. The van der Waals surface area contributed by atoms with Gasteiger partial charge >= 0.3 is 0 Å². The summed E-state index contributed by atoms with van der Waals surface area (Å²) in [5, 5.41) is 2.66. The molecule has 3 aromatic carbocycles. The Morgan fingerprint density at radius 2 is 1.71 bits per heavy atom. The molecule has 0 saturated heterocycles. The molecule has 6 nitrogen and oxygen atoms in total. The van der Waals surface area contributed by atoms with Crippen LogP contribution in [0, 0.1) is 18.6 Å². The molecule has 4 rings (SSSR count). The van der Waals surface area contributed by atoms with Crippen molar-refractivity contribution in [1.82, 2.24) is 9.97 Å². The first-order chi connectivity index (χ1) is 16.4. The maximum atomic E-state index is 15.0. The number of carbonyl (C=O) groups excluding carboxylic acids is 2. The number of amides is 2. The Morgan fingerprint density at radius 3 is 2.38 bits per heavy atom. The van der Waals surface area contributed by atoms with Crippen molar-refractivity contribution >= 4 is 23.2 Å². The van der Waals surface area contributed by atoms with Crippen LogP contribution in [-0.4, -0.2) is 21.8 Å². The lowest BCUT2D eigenvalue weighted by Crippen LogP contribution is -2.42. The average molecular weight is 458 g/mol. The summed E-state index contributed by atoms with van der Waals surface area (Å²) in [7, 11) is 0. The summed E-state index contributed by atoms with van der Waals surface area (Å²) in [5.74, 6) is -2.45. The van der Waals surface area contributed by atoms with Gasteiger partial charge in [-0.25, -0.2) is 13.8 Å². The summed E-state index contributed by atoms with van der Waals surface area (Å²) in [6.07, 6.45) is 4.06. The molecule has 0 bridgehead atoms. The Balaban J connectivity index is 1.87. The van der Waals surface area contributed by atoms with Gasteiger partial charge < -0.3 is 5.32 Å². The number of hydrogen-bond acceptors (Lipinski definition) is 4. The minimum Gasteiger partial charge on any atom is -0.324 e. The number of aryl methyl sites for hydroxylation is 1. The molecule has 0 aliphatic rings. The lowest BCUT2D eigenvalue weighted by atomic mass is 10.0. The van der Waals surface area contributed by atoms with Crippen molar-refractivity contribution in [3.05, 3.63) is 120 Å². The van der Waals surface area contributed by atoms with E-state index in [1.165, 1.54) is 66.0 Å². The van der Waals surface area contributed by atoms with Crippen LogP contribution in [0.1, 0.15) is 27.7 Å². The van der Waals surface area contributed by atoms with Crippen molar-refractivity contribution in [3.63, 3.8) is 0 Å². The largest absolute Gasteiger partial charge is 0.324 e. The van der Waals surface area contributed by atoms with E-state index in [1.807, 2.05) is 13.0 Å². The van der Waals surface area contributed by atoms with E-state index < -0.39 is 29.5 Å². The number of rotatable bonds is 6. The van der Waals surface area contributed by atoms with Crippen molar-refractivity contribution in [2.75, 3.05) is 10.2 Å². The van der Waals surface area contributed by atoms with Crippen LogP contribution in [0.3, 0.4) is 0 Å². The number of hydrogen-bond donors (Lipinski definition) is 1. The molecule has 2 amide bonds. The Kier molecular flexibility index (Phi) is 6.68. The monoisotopic (exact) mass is 458 g/mol. The fourth-order valence-corrected chi connectivity index (χ4v) is 3.53. The van der Waals surface area contributed by atoms with Crippen molar-refractivity contribution in [1.29, 1.82) is 0 Å². The fourth-order valence-electron chi connectivity index (χ4n) is 3.53. The maximum Gasteiger partial charge on any atom is 0.279 e. The number of nitrogens with zero attached hydrogens (tertiary/aromatic N) is 3. The Bertz CT molecular complexity index is 1310. The summed E-state index contributed by atoms with van der Waals surface area (Å²) in [4.78, 5) is 36.5. The average Bonchev–Trinajstić information content (AvgIpc) is 2.84. The minimum absolute atomic E-state index is 0.0131. The molecule has 0 fully saturated rings. The highest BCUT2D eigenvalue weighted by Crippen LogP contribution is 2.32. The second-order valence-corrected chi connectivity index (χ2v) is 7.53. The third-order valence-corrected chi connectivity index (χ3v) is 5.10. The predicted molar refractivity (Wildman–Crippen MR) is 124 cm³/mol. The minimum atomic E-state index is -1.40. The summed E-state index contributed by atoms with van der Waals surface area (Å²) in [5.41, 5.74) is 1.48.